The van der Waals surface area contributed by atoms with E-state index in [1.54, 1.807) is 0 Å². The third-order valence-corrected chi connectivity index (χ3v) is 15.5. The van der Waals surface area contributed by atoms with Gasteiger partial charge >= 0.3 is 5.97 Å². The molecular weight excluding hydrogens is 624 g/mol. The zero-order valence-electron chi connectivity index (χ0n) is 29.0. The molecule has 0 amide bonds. The van der Waals surface area contributed by atoms with Crippen LogP contribution in [-0.4, -0.2) is 121 Å². The van der Waals surface area contributed by atoms with Crippen LogP contribution in [0.3, 0.4) is 0 Å². The molecular formula is C36H58O12. The van der Waals surface area contributed by atoms with Crippen molar-refractivity contribution in [2.24, 2.45) is 50.2 Å². The van der Waals surface area contributed by atoms with Crippen molar-refractivity contribution in [1.29, 1.82) is 0 Å². The van der Waals surface area contributed by atoms with Crippen molar-refractivity contribution in [2.75, 3.05) is 19.8 Å². The van der Waals surface area contributed by atoms with E-state index in [4.69, 9.17) is 9.47 Å². The van der Waals surface area contributed by atoms with Crippen molar-refractivity contribution in [1.82, 2.24) is 0 Å². The number of carbonyl (C=O) groups excluding carboxylic acids is 1. The summed E-state index contributed by atoms with van der Waals surface area (Å²) in [7, 11) is 0. The molecule has 0 aromatic heterocycles. The lowest BCUT2D eigenvalue weighted by Gasteiger charge is -2.72. The van der Waals surface area contributed by atoms with E-state index in [0.717, 1.165) is 12.0 Å². The predicted octanol–water partition coefficient (Wildman–Crippen LogP) is 0.379. The van der Waals surface area contributed by atoms with Gasteiger partial charge in [0, 0.05) is 11.3 Å². The first-order chi connectivity index (χ1) is 22.3. The van der Waals surface area contributed by atoms with Crippen LogP contribution in [0.4, 0.5) is 0 Å². The highest BCUT2D eigenvalue weighted by atomic mass is 16.7. The van der Waals surface area contributed by atoms with Crippen LogP contribution in [0.25, 0.3) is 0 Å². The molecule has 0 radical (unpaired) electrons. The van der Waals surface area contributed by atoms with Gasteiger partial charge in [0.1, 0.15) is 24.4 Å². The van der Waals surface area contributed by atoms with Crippen LogP contribution in [0.2, 0.25) is 0 Å². The minimum Gasteiger partial charge on any atom is -0.432 e. The Morgan fingerprint density at radius 3 is 2.10 bits per heavy atom. The Hall–Kier alpha value is -1.19. The highest BCUT2D eigenvalue weighted by Gasteiger charge is 2.72. The maximum Gasteiger partial charge on any atom is 0.315 e. The number of carbonyl (C=O) groups is 1. The predicted molar refractivity (Wildman–Crippen MR) is 171 cm³/mol. The lowest BCUT2D eigenvalue weighted by molar-refractivity contribution is -0.298. The third kappa shape index (κ3) is 4.66. The number of aliphatic hydroxyl groups excluding tert-OH is 9. The minimum atomic E-state index is -1.74. The summed E-state index contributed by atoms with van der Waals surface area (Å²) in [5, 5.41) is 96.6. The smallest absolute Gasteiger partial charge is 0.315 e. The van der Waals surface area contributed by atoms with Gasteiger partial charge in [-0.05, 0) is 84.9 Å². The second kappa shape index (κ2) is 11.9. The number of aliphatic hydroxyl groups is 9. The number of rotatable bonds is 5. The van der Waals surface area contributed by atoms with Crippen LogP contribution < -0.4 is 0 Å². The van der Waals surface area contributed by atoms with E-state index in [9.17, 15) is 50.8 Å². The van der Waals surface area contributed by atoms with Gasteiger partial charge in [0.2, 0.25) is 6.29 Å². The average Bonchev–Trinajstić information content (AvgIpc) is 3.04. The molecule has 1 heterocycles. The SMILES string of the molecule is CC1(C)CC[C@]2(C(=O)O[C@@H]3O[C@H](CO)[C@@H](O)[C@H](O)[C@H]3O)CC[C@]3(C)C(=CCC4[C@@]5(C)C[C@@H](O)[C@H](O)C(CO)(CO)C5CC[C@]43C)C2[C@@H]1O. The summed E-state index contributed by atoms with van der Waals surface area (Å²) >= 11 is 0. The second-order valence-corrected chi connectivity index (χ2v) is 17.7. The van der Waals surface area contributed by atoms with Crippen LogP contribution in [0.15, 0.2) is 11.6 Å². The normalized spacial score (nSPS) is 52.5. The molecule has 0 bridgehead atoms. The lowest BCUT2D eigenvalue weighted by atomic mass is 9.33. The number of ether oxygens (including phenoxy) is 2. The van der Waals surface area contributed by atoms with Crippen LogP contribution in [0.1, 0.15) is 86.0 Å². The van der Waals surface area contributed by atoms with Crippen molar-refractivity contribution in [3.05, 3.63) is 11.6 Å². The Labute approximate surface area is 282 Å². The Balaban J connectivity index is 1.39. The van der Waals surface area contributed by atoms with E-state index >= 15 is 0 Å². The van der Waals surface area contributed by atoms with Gasteiger partial charge in [0.05, 0.1) is 43.5 Å². The molecule has 15 atom stereocenters. The highest BCUT2D eigenvalue weighted by Crippen LogP contribution is 2.76. The Morgan fingerprint density at radius 1 is 0.833 bits per heavy atom. The summed E-state index contributed by atoms with van der Waals surface area (Å²) in [5.74, 6) is -1.49. The zero-order valence-corrected chi connectivity index (χ0v) is 29.0. The van der Waals surface area contributed by atoms with Crippen LogP contribution in [0, 0.1) is 50.2 Å². The van der Waals surface area contributed by atoms with Crippen LogP contribution in [-0.2, 0) is 14.3 Å². The fourth-order valence-electron chi connectivity index (χ4n) is 12.2. The fourth-order valence-corrected chi connectivity index (χ4v) is 12.2. The number of allylic oxidation sites excluding steroid dienone is 1. The maximum absolute atomic E-state index is 14.4. The molecule has 5 fully saturated rings. The Kier molecular flexibility index (Phi) is 9.10. The van der Waals surface area contributed by atoms with Gasteiger partial charge in [-0.15, -0.1) is 0 Å². The molecule has 274 valence electrons. The van der Waals surface area contributed by atoms with Gasteiger partial charge in [-0.1, -0.05) is 46.3 Å². The maximum atomic E-state index is 14.4. The first kappa shape index (κ1) is 36.6. The van der Waals surface area contributed by atoms with Crippen molar-refractivity contribution in [3.63, 3.8) is 0 Å². The fraction of sp³-hybridized carbons (Fsp3) is 0.917. The monoisotopic (exact) mass is 682 g/mol. The Bertz CT molecular complexity index is 1280. The van der Waals surface area contributed by atoms with Crippen molar-refractivity contribution >= 4 is 5.97 Å². The third-order valence-electron chi connectivity index (χ3n) is 15.5. The number of hydrogen-bond acceptors (Lipinski definition) is 12. The van der Waals surface area contributed by atoms with E-state index in [1.807, 2.05) is 13.8 Å². The molecule has 5 aliphatic carbocycles. The van der Waals surface area contributed by atoms with Gasteiger partial charge < -0.3 is 55.4 Å². The molecule has 1 aliphatic heterocycles. The number of hydrogen-bond donors (Lipinski definition) is 9. The molecule has 0 aromatic rings. The summed E-state index contributed by atoms with van der Waals surface area (Å²) < 4.78 is 11.4. The summed E-state index contributed by atoms with van der Waals surface area (Å²) in [6, 6.07) is 0. The molecule has 9 N–H and O–H groups in total. The molecule has 1 saturated heterocycles. The van der Waals surface area contributed by atoms with E-state index < -0.39 is 108 Å². The molecule has 6 rings (SSSR count). The Morgan fingerprint density at radius 2 is 1.48 bits per heavy atom. The van der Waals surface area contributed by atoms with Crippen LogP contribution >= 0.6 is 0 Å². The molecule has 6 aliphatic rings. The second-order valence-electron chi connectivity index (χ2n) is 17.7. The molecule has 4 saturated carbocycles. The molecule has 12 nitrogen and oxygen atoms in total. The van der Waals surface area contributed by atoms with E-state index in [0.29, 0.717) is 44.9 Å². The van der Waals surface area contributed by atoms with Crippen molar-refractivity contribution < 1.29 is 60.2 Å². The number of esters is 1. The largest absolute Gasteiger partial charge is 0.432 e. The average molecular weight is 683 g/mol. The minimum absolute atomic E-state index is 0.0134. The standard InChI is InChI=1S/C36H58O12/c1-31(2)10-12-35(30(46)48-29-26(43)25(42)24(41)20(15-37)47-29)13-11-33(4)18(23(35)28(31)45)6-7-21-32(3)14-19(40)27(44)36(16-38,17-39)22(32)8-9-34(21,33)5/h6,19-29,37-45H,7-17H2,1-5H3/t19-,20-,21?,22?,23?,24-,25+,26-,27+,28+,29+,32-,33-,34-,35+/m1/s1. The molecule has 12 heteroatoms. The summed E-state index contributed by atoms with van der Waals surface area (Å²) in [4.78, 5) is 14.4. The molecule has 3 unspecified atom stereocenters. The van der Waals surface area contributed by atoms with E-state index in [1.165, 1.54) is 0 Å². The van der Waals surface area contributed by atoms with E-state index in [-0.39, 0.29) is 17.3 Å². The van der Waals surface area contributed by atoms with E-state index in [2.05, 4.69) is 26.8 Å². The first-order valence-electron chi connectivity index (χ1n) is 17.8. The molecule has 48 heavy (non-hydrogen) atoms. The highest BCUT2D eigenvalue weighted by molar-refractivity contribution is 5.79. The topological polar surface area (TPSA) is 218 Å². The first-order valence-corrected chi connectivity index (χ1v) is 17.8. The summed E-state index contributed by atoms with van der Waals surface area (Å²) in [6.45, 7) is 9.07. The van der Waals surface area contributed by atoms with Gasteiger partial charge in [0.25, 0.3) is 0 Å². The summed E-state index contributed by atoms with van der Waals surface area (Å²) in [6.07, 6.45) is -4.76. The van der Waals surface area contributed by atoms with Gasteiger partial charge in [0.15, 0.2) is 0 Å². The van der Waals surface area contributed by atoms with Gasteiger partial charge in [-0.2, -0.15) is 0 Å². The van der Waals surface area contributed by atoms with Gasteiger partial charge in [-0.3, -0.25) is 4.79 Å². The molecule has 0 spiro atoms. The van der Waals surface area contributed by atoms with Crippen molar-refractivity contribution in [2.45, 2.75) is 135 Å². The quantitative estimate of drug-likeness (QED) is 0.142. The molecule has 0 aromatic carbocycles. The number of fused-ring (bicyclic) bond motifs is 7. The van der Waals surface area contributed by atoms with Crippen LogP contribution in [0.5, 0.6) is 0 Å². The summed E-state index contributed by atoms with van der Waals surface area (Å²) in [5.41, 5.74) is -3.27. The zero-order chi connectivity index (χ0) is 35.4. The van der Waals surface area contributed by atoms with Crippen molar-refractivity contribution in [3.8, 4) is 0 Å². The lowest BCUT2D eigenvalue weighted by Crippen LogP contribution is -2.70. The van der Waals surface area contributed by atoms with Gasteiger partial charge in [-0.25, -0.2) is 0 Å².